The molecule has 0 saturated heterocycles. The van der Waals surface area contributed by atoms with E-state index in [1.807, 2.05) is 30.3 Å². The van der Waals surface area contributed by atoms with Crippen molar-refractivity contribution in [2.75, 3.05) is 5.73 Å². The fourth-order valence-electron chi connectivity index (χ4n) is 1.51. The van der Waals surface area contributed by atoms with Crippen LogP contribution in [-0.2, 0) is 11.3 Å². The van der Waals surface area contributed by atoms with Gasteiger partial charge in [0.25, 0.3) is 0 Å². The van der Waals surface area contributed by atoms with Gasteiger partial charge in [-0.2, -0.15) is 0 Å². The van der Waals surface area contributed by atoms with Gasteiger partial charge >= 0.3 is 6.03 Å². The number of benzene rings is 1. The zero-order valence-corrected chi connectivity index (χ0v) is 13.4. The van der Waals surface area contributed by atoms with Crippen molar-refractivity contribution < 1.29 is 9.59 Å². The number of hydrogen-bond donors (Lipinski definition) is 3. The van der Waals surface area contributed by atoms with E-state index in [1.54, 1.807) is 6.92 Å². The molecule has 0 aliphatic heterocycles. The summed E-state index contributed by atoms with van der Waals surface area (Å²) >= 11 is 2.40. The fourth-order valence-corrected chi connectivity index (χ4v) is 3.29. The van der Waals surface area contributed by atoms with Crippen LogP contribution in [0.4, 0.5) is 9.93 Å². The minimum absolute atomic E-state index is 0.343. The lowest BCUT2D eigenvalue weighted by Gasteiger charge is -2.10. The molecule has 2 rings (SSSR count). The van der Waals surface area contributed by atoms with E-state index in [0.29, 0.717) is 16.0 Å². The van der Waals surface area contributed by atoms with E-state index in [2.05, 4.69) is 20.8 Å². The molecule has 1 atom stereocenters. The number of carbonyl (C=O) groups excluding carboxylic acids is 2. The molecule has 1 unspecified atom stereocenters. The predicted molar refractivity (Wildman–Crippen MR) is 86.5 cm³/mol. The van der Waals surface area contributed by atoms with Crippen LogP contribution in [0.25, 0.3) is 0 Å². The molecular formula is C13H15N5O2S2. The summed E-state index contributed by atoms with van der Waals surface area (Å²) in [6, 6.07) is 8.91. The normalized spacial score (nSPS) is 11.7. The first-order valence-corrected chi connectivity index (χ1v) is 8.12. The number of nitrogens with zero attached hydrogens (tertiary/aromatic N) is 2. The topological polar surface area (TPSA) is 110 Å². The number of hydrogen-bond acceptors (Lipinski definition) is 7. The molecule has 0 saturated carbocycles. The van der Waals surface area contributed by atoms with Crippen molar-refractivity contribution in [2.24, 2.45) is 0 Å². The lowest BCUT2D eigenvalue weighted by Crippen LogP contribution is -2.42. The van der Waals surface area contributed by atoms with E-state index >= 15 is 0 Å². The maximum atomic E-state index is 11.9. The van der Waals surface area contributed by atoms with Crippen LogP contribution in [0.1, 0.15) is 12.5 Å². The van der Waals surface area contributed by atoms with Gasteiger partial charge in [-0.1, -0.05) is 53.4 Å². The number of carbonyl (C=O) groups is 2. The Hall–Kier alpha value is -2.13. The number of nitrogens with one attached hydrogen (secondary N) is 2. The number of nitrogens with two attached hydrogens (primary N) is 1. The van der Waals surface area contributed by atoms with E-state index < -0.39 is 17.2 Å². The second kappa shape index (κ2) is 7.76. The van der Waals surface area contributed by atoms with Crippen LogP contribution >= 0.6 is 23.1 Å². The van der Waals surface area contributed by atoms with Gasteiger partial charge in [-0.25, -0.2) is 4.79 Å². The van der Waals surface area contributed by atoms with E-state index in [1.165, 1.54) is 23.1 Å². The predicted octanol–water partition coefficient (Wildman–Crippen LogP) is 1.63. The summed E-state index contributed by atoms with van der Waals surface area (Å²) in [7, 11) is 0. The summed E-state index contributed by atoms with van der Waals surface area (Å²) in [5, 5.41) is 12.3. The zero-order valence-electron chi connectivity index (χ0n) is 11.8. The molecule has 0 bridgehead atoms. The number of nitrogen functional groups attached to an aromatic ring is 1. The molecule has 116 valence electrons. The van der Waals surface area contributed by atoms with Crippen molar-refractivity contribution in [3.8, 4) is 0 Å². The summed E-state index contributed by atoms with van der Waals surface area (Å²) < 4.78 is 0.588. The van der Waals surface area contributed by atoms with E-state index in [-0.39, 0.29) is 0 Å². The second-order valence-corrected chi connectivity index (χ2v) is 6.92. The second-order valence-electron chi connectivity index (χ2n) is 4.32. The van der Waals surface area contributed by atoms with Crippen molar-refractivity contribution in [2.45, 2.75) is 23.1 Å². The van der Waals surface area contributed by atoms with Crippen molar-refractivity contribution in [1.82, 2.24) is 20.8 Å². The monoisotopic (exact) mass is 337 g/mol. The minimum Gasteiger partial charge on any atom is -0.374 e. The molecule has 1 aromatic heterocycles. The van der Waals surface area contributed by atoms with Crippen LogP contribution in [0.5, 0.6) is 0 Å². The lowest BCUT2D eigenvalue weighted by atomic mass is 10.2. The number of imide groups is 1. The minimum atomic E-state index is -0.530. The summed E-state index contributed by atoms with van der Waals surface area (Å²) in [6.45, 7) is 2.04. The lowest BCUT2D eigenvalue weighted by molar-refractivity contribution is -0.119. The molecule has 0 fully saturated rings. The molecule has 7 nitrogen and oxygen atoms in total. The molecule has 3 amide bonds. The van der Waals surface area contributed by atoms with E-state index in [4.69, 9.17) is 5.73 Å². The largest absolute Gasteiger partial charge is 0.374 e. The maximum Gasteiger partial charge on any atom is 0.321 e. The molecule has 1 aromatic carbocycles. The molecule has 0 aliphatic rings. The van der Waals surface area contributed by atoms with Gasteiger partial charge in [0.05, 0.1) is 5.25 Å². The first kappa shape index (κ1) is 16.2. The third-order valence-electron chi connectivity index (χ3n) is 2.60. The third-order valence-corrected chi connectivity index (χ3v) is 4.54. The molecular weight excluding hydrogens is 322 g/mol. The van der Waals surface area contributed by atoms with Crippen LogP contribution in [-0.4, -0.2) is 27.4 Å². The van der Waals surface area contributed by atoms with Gasteiger partial charge in [0.2, 0.25) is 11.0 Å². The highest BCUT2D eigenvalue weighted by atomic mass is 32.2. The third kappa shape index (κ3) is 5.01. The molecule has 4 N–H and O–H groups in total. The first-order valence-electron chi connectivity index (χ1n) is 6.43. The number of amides is 3. The molecule has 9 heteroatoms. The number of anilines is 1. The van der Waals surface area contributed by atoms with Crippen LogP contribution < -0.4 is 16.4 Å². The number of rotatable bonds is 5. The summed E-state index contributed by atoms with van der Waals surface area (Å²) in [6.07, 6.45) is 0. The highest BCUT2D eigenvalue weighted by molar-refractivity contribution is 8.02. The van der Waals surface area contributed by atoms with Crippen molar-refractivity contribution in [1.29, 1.82) is 0 Å². The number of aromatic nitrogens is 2. The Labute approximate surface area is 135 Å². The summed E-state index contributed by atoms with van der Waals surface area (Å²) in [5.74, 6) is -0.399. The van der Waals surface area contributed by atoms with Gasteiger partial charge in [0.1, 0.15) is 0 Å². The quantitative estimate of drug-likeness (QED) is 0.715. The molecule has 0 aliphatic carbocycles. The van der Waals surface area contributed by atoms with E-state index in [0.717, 1.165) is 5.56 Å². The fraction of sp³-hybridized carbons (Fsp3) is 0.231. The van der Waals surface area contributed by atoms with Gasteiger partial charge in [-0.3, -0.25) is 10.1 Å². The Bertz CT molecular complexity index is 647. The molecule has 2 aromatic rings. The summed E-state index contributed by atoms with van der Waals surface area (Å²) in [5.41, 5.74) is 6.43. The average Bonchev–Trinajstić information content (AvgIpc) is 2.91. The molecule has 1 heterocycles. The average molecular weight is 337 g/mol. The summed E-state index contributed by atoms with van der Waals surface area (Å²) in [4.78, 5) is 23.6. The first-order chi connectivity index (χ1) is 10.5. The van der Waals surface area contributed by atoms with Gasteiger partial charge in [0, 0.05) is 6.54 Å². The van der Waals surface area contributed by atoms with E-state index in [9.17, 15) is 9.59 Å². The van der Waals surface area contributed by atoms with Gasteiger partial charge in [0.15, 0.2) is 4.34 Å². The Morgan fingerprint density at radius 3 is 2.68 bits per heavy atom. The highest BCUT2D eigenvalue weighted by Gasteiger charge is 2.18. The van der Waals surface area contributed by atoms with Crippen LogP contribution in [0.3, 0.4) is 0 Å². The van der Waals surface area contributed by atoms with Crippen LogP contribution in [0.15, 0.2) is 34.7 Å². The highest BCUT2D eigenvalue weighted by Crippen LogP contribution is 2.27. The Kier molecular flexibility index (Phi) is 5.73. The van der Waals surface area contributed by atoms with Crippen molar-refractivity contribution >= 4 is 40.2 Å². The Morgan fingerprint density at radius 2 is 2.05 bits per heavy atom. The number of thioether (sulfide) groups is 1. The molecule has 22 heavy (non-hydrogen) atoms. The zero-order chi connectivity index (χ0) is 15.9. The molecule has 0 radical (unpaired) electrons. The Balaban J connectivity index is 1.76. The smallest absolute Gasteiger partial charge is 0.321 e. The number of urea groups is 1. The standard InChI is InChI=1S/C13H15N5O2S2/c1-8(21-13-18-17-11(14)22-13)10(19)16-12(20)15-7-9-5-3-2-4-6-9/h2-6,8H,7H2,1H3,(H2,14,17)(H2,15,16,19,20). The Morgan fingerprint density at radius 1 is 1.32 bits per heavy atom. The molecule has 0 spiro atoms. The van der Waals surface area contributed by atoms with Crippen LogP contribution in [0.2, 0.25) is 0 Å². The van der Waals surface area contributed by atoms with Gasteiger partial charge in [-0.15, -0.1) is 10.2 Å². The van der Waals surface area contributed by atoms with Crippen molar-refractivity contribution in [3.63, 3.8) is 0 Å². The SMILES string of the molecule is CC(Sc1nnc(N)s1)C(=O)NC(=O)NCc1ccccc1. The van der Waals surface area contributed by atoms with Crippen molar-refractivity contribution in [3.05, 3.63) is 35.9 Å². The maximum absolute atomic E-state index is 11.9. The van der Waals surface area contributed by atoms with Gasteiger partial charge in [-0.05, 0) is 12.5 Å². The van der Waals surface area contributed by atoms with Crippen LogP contribution in [0, 0.1) is 0 Å². The van der Waals surface area contributed by atoms with Gasteiger partial charge < -0.3 is 11.1 Å².